The van der Waals surface area contributed by atoms with Gasteiger partial charge in [0.1, 0.15) is 18.3 Å². The van der Waals surface area contributed by atoms with Crippen molar-refractivity contribution in [2.75, 3.05) is 25.6 Å². The van der Waals surface area contributed by atoms with Gasteiger partial charge in [-0.2, -0.15) is 0 Å². The van der Waals surface area contributed by atoms with E-state index in [9.17, 15) is 14.4 Å². The van der Waals surface area contributed by atoms with Gasteiger partial charge in [-0.25, -0.2) is 0 Å². The van der Waals surface area contributed by atoms with Crippen LogP contribution in [0.4, 0.5) is 5.69 Å². The van der Waals surface area contributed by atoms with Crippen molar-refractivity contribution in [2.24, 2.45) is 0 Å². The Kier molecular flexibility index (Phi) is 5.81. The average Bonchev–Trinajstić information content (AvgIpc) is 3.09. The van der Waals surface area contributed by atoms with Crippen molar-refractivity contribution in [3.63, 3.8) is 0 Å². The first-order chi connectivity index (χ1) is 15.4. The van der Waals surface area contributed by atoms with Crippen molar-refractivity contribution in [1.82, 2.24) is 10.2 Å². The molecule has 1 N–H and O–H groups in total. The van der Waals surface area contributed by atoms with Gasteiger partial charge in [-0.1, -0.05) is 36.4 Å². The number of ether oxygens (including phenoxy) is 1. The van der Waals surface area contributed by atoms with Gasteiger partial charge in [0.15, 0.2) is 0 Å². The molecule has 1 heterocycles. The highest BCUT2D eigenvalue weighted by atomic mass is 16.5. The first-order valence-corrected chi connectivity index (χ1v) is 10.4. The average molecular weight is 431 g/mol. The smallest absolute Gasteiger partial charge is 0.259 e. The molecule has 0 aliphatic carbocycles. The van der Waals surface area contributed by atoms with Gasteiger partial charge in [0.05, 0.1) is 12.8 Å². The lowest BCUT2D eigenvalue weighted by atomic mass is 10.1. The zero-order valence-corrected chi connectivity index (χ0v) is 18.3. The van der Waals surface area contributed by atoms with Crippen molar-refractivity contribution < 1.29 is 19.1 Å². The third-order valence-corrected chi connectivity index (χ3v) is 5.87. The molecule has 7 nitrogen and oxygen atoms in total. The number of carbonyl (C=O) groups is 3. The Balaban J connectivity index is 1.62. The SMILES string of the molecule is CNC(=O)[C@H](C)N(Cc1ccc(OC)cc1)C(=O)CN1C(=O)c2cccc3cccc1c23. The van der Waals surface area contributed by atoms with Crippen LogP contribution in [0, 0.1) is 0 Å². The van der Waals surface area contributed by atoms with Gasteiger partial charge in [0.2, 0.25) is 11.8 Å². The molecule has 1 atom stereocenters. The van der Waals surface area contributed by atoms with Crippen LogP contribution in [0.3, 0.4) is 0 Å². The van der Waals surface area contributed by atoms with E-state index < -0.39 is 6.04 Å². The molecule has 32 heavy (non-hydrogen) atoms. The van der Waals surface area contributed by atoms with Crippen molar-refractivity contribution in [2.45, 2.75) is 19.5 Å². The van der Waals surface area contributed by atoms with Crippen LogP contribution < -0.4 is 15.0 Å². The van der Waals surface area contributed by atoms with Gasteiger partial charge in [-0.15, -0.1) is 0 Å². The highest BCUT2D eigenvalue weighted by Gasteiger charge is 2.34. The van der Waals surface area contributed by atoms with E-state index in [0.717, 1.165) is 16.3 Å². The summed E-state index contributed by atoms with van der Waals surface area (Å²) < 4.78 is 5.19. The molecule has 0 fully saturated rings. The van der Waals surface area contributed by atoms with Crippen LogP contribution in [0.2, 0.25) is 0 Å². The zero-order chi connectivity index (χ0) is 22.8. The normalized spacial score (nSPS) is 13.2. The van der Waals surface area contributed by atoms with Gasteiger partial charge in [-0.3, -0.25) is 19.3 Å². The Hall–Kier alpha value is -3.87. The molecule has 0 saturated heterocycles. The van der Waals surface area contributed by atoms with Crippen LogP contribution in [0.1, 0.15) is 22.8 Å². The first kappa shape index (κ1) is 21.4. The highest BCUT2D eigenvalue weighted by Crippen LogP contribution is 2.37. The second-order valence-electron chi connectivity index (χ2n) is 7.73. The Morgan fingerprint density at radius 3 is 2.41 bits per heavy atom. The van der Waals surface area contributed by atoms with E-state index in [1.807, 2.05) is 54.6 Å². The van der Waals surface area contributed by atoms with E-state index in [2.05, 4.69) is 5.32 Å². The quantitative estimate of drug-likeness (QED) is 0.624. The van der Waals surface area contributed by atoms with Crippen molar-refractivity contribution in [1.29, 1.82) is 0 Å². The van der Waals surface area contributed by atoms with Gasteiger partial charge in [-0.05, 0) is 42.1 Å². The molecule has 1 aliphatic heterocycles. The summed E-state index contributed by atoms with van der Waals surface area (Å²) in [6.07, 6.45) is 0. The maximum atomic E-state index is 13.4. The summed E-state index contributed by atoms with van der Waals surface area (Å²) in [5.41, 5.74) is 2.16. The molecule has 164 valence electrons. The molecule has 3 amide bonds. The second-order valence-corrected chi connectivity index (χ2v) is 7.73. The number of hydrogen-bond donors (Lipinski definition) is 1. The summed E-state index contributed by atoms with van der Waals surface area (Å²) in [5.74, 6) is -0.0817. The number of hydrogen-bond acceptors (Lipinski definition) is 4. The van der Waals surface area contributed by atoms with Gasteiger partial charge in [0.25, 0.3) is 5.91 Å². The number of anilines is 1. The Morgan fingerprint density at radius 2 is 1.75 bits per heavy atom. The maximum Gasteiger partial charge on any atom is 0.259 e. The lowest BCUT2D eigenvalue weighted by Gasteiger charge is -2.30. The minimum absolute atomic E-state index is 0.149. The van der Waals surface area contributed by atoms with Gasteiger partial charge < -0.3 is 15.0 Å². The van der Waals surface area contributed by atoms with Crippen LogP contribution >= 0.6 is 0 Å². The summed E-state index contributed by atoms with van der Waals surface area (Å²) in [4.78, 5) is 41.9. The van der Waals surface area contributed by atoms with Crippen LogP contribution in [0.15, 0.2) is 60.7 Å². The monoisotopic (exact) mass is 431 g/mol. The van der Waals surface area contributed by atoms with E-state index in [-0.39, 0.29) is 30.8 Å². The Morgan fingerprint density at radius 1 is 1.06 bits per heavy atom. The van der Waals surface area contributed by atoms with Crippen LogP contribution in [0.5, 0.6) is 5.75 Å². The first-order valence-electron chi connectivity index (χ1n) is 10.4. The van der Waals surface area contributed by atoms with Gasteiger partial charge >= 0.3 is 0 Å². The molecule has 7 heteroatoms. The molecule has 4 rings (SSSR count). The predicted molar refractivity (Wildman–Crippen MR) is 123 cm³/mol. The van der Waals surface area contributed by atoms with Crippen molar-refractivity contribution >= 4 is 34.2 Å². The summed E-state index contributed by atoms with van der Waals surface area (Å²) in [6.45, 7) is 1.77. The van der Waals surface area contributed by atoms with Gasteiger partial charge in [0, 0.05) is 24.5 Å². The molecule has 3 aromatic carbocycles. The molecule has 3 aromatic rings. The Bertz CT molecular complexity index is 1180. The predicted octanol–water partition coefficient (Wildman–Crippen LogP) is 2.97. The van der Waals surface area contributed by atoms with Crippen LogP contribution in [0.25, 0.3) is 10.8 Å². The van der Waals surface area contributed by atoms with E-state index in [0.29, 0.717) is 17.0 Å². The lowest BCUT2D eigenvalue weighted by Crippen LogP contribution is -2.50. The molecule has 0 radical (unpaired) electrons. The summed E-state index contributed by atoms with van der Waals surface area (Å²) in [5, 5.41) is 4.41. The molecule has 0 spiro atoms. The molecule has 1 aliphatic rings. The lowest BCUT2D eigenvalue weighted by molar-refractivity contribution is -0.139. The van der Waals surface area contributed by atoms with Crippen molar-refractivity contribution in [3.05, 3.63) is 71.8 Å². The van der Waals surface area contributed by atoms with Crippen LogP contribution in [-0.2, 0) is 16.1 Å². The highest BCUT2D eigenvalue weighted by molar-refractivity contribution is 6.26. The van der Waals surface area contributed by atoms with Crippen LogP contribution in [-0.4, -0.2) is 49.4 Å². The third kappa shape index (κ3) is 3.77. The summed E-state index contributed by atoms with van der Waals surface area (Å²) in [6, 6.07) is 17.9. The Labute approximate surface area is 186 Å². The number of likely N-dealkylation sites (N-methyl/N-ethyl adjacent to an activating group) is 1. The number of methoxy groups -OCH3 is 1. The summed E-state index contributed by atoms with van der Waals surface area (Å²) in [7, 11) is 3.13. The molecule has 0 aromatic heterocycles. The van der Waals surface area contributed by atoms with E-state index in [4.69, 9.17) is 4.74 Å². The fourth-order valence-corrected chi connectivity index (χ4v) is 4.08. The zero-order valence-electron chi connectivity index (χ0n) is 18.3. The number of rotatable bonds is 7. The van der Waals surface area contributed by atoms with E-state index in [1.54, 1.807) is 20.1 Å². The third-order valence-electron chi connectivity index (χ3n) is 5.87. The number of carbonyl (C=O) groups excluding carboxylic acids is 3. The molecular weight excluding hydrogens is 406 g/mol. The number of benzene rings is 3. The fraction of sp³-hybridized carbons (Fsp3) is 0.240. The van der Waals surface area contributed by atoms with Crippen molar-refractivity contribution in [3.8, 4) is 5.75 Å². The topological polar surface area (TPSA) is 79.0 Å². The standard InChI is InChI=1S/C25H25N3O4/c1-16(24(30)26-2)27(14-17-10-12-19(32-3)13-11-17)22(29)15-28-21-9-5-7-18-6-4-8-20(23(18)21)25(28)31/h4-13,16H,14-15H2,1-3H3,(H,26,30)/t16-/m0/s1. The number of amides is 3. The molecule has 0 unspecified atom stereocenters. The van der Waals surface area contributed by atoms with E-state index >= 15 is 0 Å². The molecular formula is C25H25N3O4. The largest absolute Gasteiger partial charge is 0.497 e. The number of nitrogens with zero attached hydrogens (tertiary/aromatic N) is 2. The maximum absolute atomic E-state index is 13.4. The molecule has 0 saturated carbocycles. The summed E-state index contributed by atoms with van der Waals surface area (Å²) >= 11 is 0. The minimum Gasteiger partial charge on any atom is -0.497 e. The second kappa shape index (κ2) is 8.70. The fourth-order valence-electron chi connectivity index (χ4n) is 4.08. The molecule has 0 bridgehead atoms. The minimum atomic E-state index is -0.703. The van der Waals surface area contributed by atoms with E-state index in [1.165, 1.54) is 16.8 Å². The number of nitrogens with one attached hydrogen (secondary N) is 1.